The van der Waals surface area contributed by atoms with Crippen molar-refractivity contribution in [2.45, 2.75) is 25.8 Å². The Balaban J connectivity index is 1.96. The molecule has 27 heavy (non-hydrogen) atoms. The highest BCUT2D eigenvalue weighted by molar-refractivity contribution is 5.57. The predicted molar refractivity (Wildman–Crippen MR) is 83.5 cm³/mol. The molecule has 0 saturated heterocycles. The molecular weight excluding hydrogens is 374 g/mol. The SMILES string of the molecule is Cc1ccc(Cn2nnc(-c3cc(C(F)(F)F)cc(C(F)(F)F)c3)n2)cc1. The topological polar surface area (TPSA) is 43.6 Å². The summed E-state index contributed by atoms with van der Waals surface area (Å²) in [6, 6.07) is 8.53. The second-order valence-corrected chi connectivity index (χ2v) is 5.92. The summed E-state index contributed by atoms with van der Waals surface area (Å²) in [7, 11) is 0. The first-order valence-electron chi connectivity index (χ1n) is 7.65. The number of benzene rings is 2. The van der Waals surface area contributed by atoms with Crippen LogP contribution in [0.5, 0.6) is 0 Å². The maximum absolute atomic E-state index is 12.9. The Hall–Kier alpha value is -2.91. The highest BCUT2D eigenvalue weighted by atomic mass is 19.4. The third-order valence-corrected chi connectivity index (χ3v) is 3.74. The van der Waals surface area contributed by atoms with E-state index in [1.165, 1.54) is 0 Å². The molecule has 0 atom stereocenters. The molecule has 0 spiro atoms. The quantitative estimate of drug-likeness (QED) is 0.611. The van der Waals surface area contributed by atoms with Gasteiger partial charge in [0.05, 0.1) is 17.7 Å². The molecule has 4 nitrogen and oxygen atoms in total. The van der Waals surface area contributed by atoms with Gasteiger partial charge in [-0.25, -0.2) is 0 Å². The molecule has 2 aromatic carbocycles. The third kappa shape index (κ3) is 4.44. The number of halogens is 6. The molecule has 1 aromatic heterocycles. The van der Waals surface area contributed by atoms with E-state index in [1.54, 1.807) is 0 Å². The van der Waals surface area contributed by atoms with Gasteiger partial charge in [0.1, 0.15) is 0 Å². The Morgan fingerprint density at radius 3 is 1.93 bits per heavy atom. The average Bonchev–Trinajstić information content (AvgIpc) is 3.03. The van der Waals surface area contributed by atoms with Gasteiger partial charge in [-0.1, -0.05) is 29.8 Å². The molecule has 0 N–H and O–H groups in total. The molecule has 10 heteroatoms. The van der Waals surface area contributed by atoms with Crippen LogP contribution in [0.25, 0.3) is 11.4 Å². The molecule has 0 aliphatic heterocycles. The summed E-state index contributed by atoms with van der Waals surface area (Å²) < 4.78 is 77.7. The standard InChI is InChI=1S/C17H12F6N4/c1-10-2-4-11(5-3-10)9-27-25-15(24-26-27)12-6-13(16(18,19)20)8-14(7-12)17(21,22)23/h2-8H,9H2,1H3. The molecule has 0 saturated carbocycles. The molecule has 0 aliphatic carbocycles. The summed E-state index contributed by atoms with van der Waals surface area (Å²) in [4.78, 5) is 1.10. The Morgan fingerprint density at radius 1 is 0.852 bits per heavy atom. The van der Waals surface area contributed by atoms with Gasteiger partial charge in [0.25, 0.3) is 0 Å². The van der Waals surface area contributed by atoms with E-state index in [0.717, 1.165) is 15.9 Å². The van der Waals surface area contributed by atoms with Crippen molar-refractivity contribution in [3.8, 4) is 11.4 Å². The van der Waals surface area contributed by atoms with Crippen LogP contribution in [0.4, 0.5) is 26.3 Å². The molecular formula is C17H12F6N4. The van der Waals surface area contributed by atoms with Gasteiger partial charge in [-0.15, -0.1) is 10.2 Å². The Labute approximate surface area is 149 Å². The highest BCUT2D eigenvalue weighted by Crippen LogP contribution is 2.37. The number of aromatic nitrogens is 4. The van der Waals surface area contributed by atoms with E-state index in [2.05, 4.69) is 15.4 Å². The van der Waals surface area contributed by atoms with Gasteiger partial charge < -0.3 is 0 Å². The fourth-order valence-electron chi connectivity index (χ4n) is 2.37. The van der Waals surface area contributed by atoms with E-state index in [1.807, 2.05) is 31.2 Å². The van der Waals surface area contributed by atoms with Crippen LogP contribution in [-0.2, 0) is 18.9 Å². The molecule has 0 aliphatic rings. The number of aryl methyl sites for hydroxylation is 1. The second kappa shape index (κ2) is 6.67. The van der Waals surface area contributed by atoms with Crippen molar-refractivity contribution in [1.82, 2.24) is 20.2 Å². The van der Waals surface area contributed by atoms with Crippen LogP contribution >= 0.6 is 0 Å². The predicted octanol–water partition coefficient (Wildman–Crippen LogP) is 4.73. The molecule has 0 radical (unpaired) electrons. The van der Waals surface area contributed by atoms with Crippen molar-refractivity contribution in [3.63, 3.8) is 0 Å². The van der Waals surface area contributed by atoms with Crippen LogP contribution < -0.4 is 0 Å². The smallest absolute Gasteiger partial charge is 0.166 e. The molecule has 0 unspecified atom stereocenters. The fraction of sp³-hybridized carbons (Fsp3) is 0.235. The van der Waals surface area contributed by atoms with Gasteiger partial charge in [0.2, 0.25) is 5.82 Å². The number of alkyl halides is 6. The van der Waals surface area contributed by atoms with Gasteiger partial charge in [0.15, 0.2) is 0 Å². The van der Waals surface area contributed by atoms with Crippen LogP contribution in [0.3, 0.4) is 0 Å². The largest absolute Gasteiger partial charge is 0.416 e. The summed E-state index contributed by atoms with van der Waals surface area (Å²) in [5.74, 6) is -0.321. The van der Waals surface area contributed by atoms with E-state index < -0.39 is 29.0 Å². The van der Waals surface area contributed by atoms with Crippen molar-refractivity contribution in [1.29, 1.82) is 0 Å². The van der Waals surface area contributed by atoms with Gasteiger partial charge in [-0.2, -0.15) is 31.1 Å². The maximum Gasteiger partial charge on any atom is 0.416 e. The van der Waals surface area contributed by atoms with E-state index in [-0.39, 0.29) is 18.4 Å². The summed E-state index contributed by atoms with van der Waals surface area (Å²) >= 11 is 0. The van der Waals surface area contributed by atoms with Gasteiger partial charge in [0, 0.05) is 5.56 Å². The van der Waals surface area contributed by atoms with Crippen molar-refractivity contribution in [3.05, 3.63) is 64.7 Å². The number of tetrazole rings is 1. The molecule has 3 rings (SSSR count). The average molecular weight is 386 g/mol. The van der Waals surface area contributed by atoms with E-state index in [0.29, 0.717) is 12.1 Å². The molecule has 142 valence electrons. The van der Waals surface area contributed by atoms with Crippen molar-refractivity contribution in [2.24, 2.45) is 0 Å². The minimum atomic E-state index is -4.94. The van der Waals surface area contributed by atoms with Gasteiger partial charge in [-0.05, 0) is 35.9 Å². The van der Waals surface area contributed by atoms with Crippen LogP contribution in [-0.4, -0.2) is 20.2 Å². The number of nitrogens with zero attached hydrogens (tertiary/aromatic N) is 4. The molecule has 3 aromatic rings. The van der Waals surface area contributed by atoms with E-state index in [4.69, 9.17) is 0 Å². The monoisotopic (exact) mass is 386 g/mol. The van der Waals surface area contributed by atoms with Crippen LogP contribution in [0.2, 0.25) is 0 Å². The summed E-state index contributed by atoms with van der Waals surface area (Å²) in [5.41, 5.74) is -1.42. The summed E-state index contributed by atoms with van der Waals surface area (Å²) in [6.07, 6.45) is -9.87. The molecule has 0 bridgehead atoms. The van der Waals surface area contributed by atoms with Crippen LogP contribution in [0.1, 0.15) is 22.3 Å². The van der Waals surface area contributed by atoms with E-state index in [9.17, 15) is 26.3 Å². The second-order valence-electron chi connectivity index (χ2n) is 5.92. The fourth-order valence-corrected chi connectivity index (χ4v) is 2.37. The normalized spacial score (nSPS) is 12.4. The Bertz CT molecular complexity index is 909. The zero-order chi connectivity index (χ0) is 19.8. The lowest BCUT2D eigenvalue weighted by molar-refractivity contribution is -0.143. The Morgan fingerprint density at radius 2 is 1.41 bits per heavy atom. The highest BCUT2D eigenvalue weighted by Gasteiger charge is 2.37. The number of hydrogen-bond donors (Lipinski definition) is 0. The van der Waals surface area contributed by atoms with Crippen LogP contribution in [0, 0.1) is 6.92 Å². The molecule has 0 fully saturated rings. The van der Waals surface area contributed by atoms with Crippen LogP contribution in [0.15, 0.2) is 42.5 Å². The maximum atomic E-state index is 12.9. The number of rotatable bonds is 3. The van der Waals surface area contributed by atoms with Gasteiger partial charge >= 0.3 is 12.4 Å². The zero-order valence-electron chi connectivity index (χ0n) is 13.8. The first-order chi connectivity index (χ1) is 12.5. The third-order valence-electron chi connectivity index (χ3n) is 3.74. The van der Waals surface area contributed by atoms with Crippen molar-refractivity contribution in [2.75, 3.05) is 0 Å². The van der Waals surface area contributed by atoms with Crippen molar-refractivity contribution >= 4 is 0 Å². The lowest BCUT2D eigenvalue weighted by atomic mass is 10.0. The lowest BCUT2D eigenvalue weighted by Crippen LogP contribution is -2.11. The molecule has 1 heterocycles. The first kappa shape index (κ1) is 18.9. The van der Waals surface area contributed by atoms with Crippen molar-refractivity contribution < 1.29 is 26.3 Å². The first-order valence-corrected chi connectivity index (χ1v) is 7.65. The number of hydrogen-bond acceptors (Lipinski definition) is 3. The minimum absolute atomic E-state index is 0.0558. The van der Waals surface area contributed by atoms with E-state index >= 15 is 0 Å². The Kier molecular flexibility index (Phi) is 4.66. The summed E-state index contributed by atoms with van der Waals surface area (Å²) in [5, 5.41) is 11.2. The molecule has 0 amide bonds. The minimum Gasteiger partial charge on any atom is -0.166 e. The van der Waals surface area contributed by atoms with Gasteiger partial charge in [-0.3, -0.25) is 0 Å². The summed E-state index contributed by atoms with van der Waals surface area (Å²) in [6.45, 7) is 2.08. The lowest BCUT2D eigenvalue weighted by Gasteiger charge is -2.12. The zero-order valence-corrected chi connectivity index (χ0v) is 13.8.